The van der Waals surface area contributed by atoms with Crippen LogP contribution in [-0.2, 0) is 4.79 Å². The van der Waals surface area contributed by atoms with Gasteiger partial charge in [0.25, 0.3) is 0 Å². The number of amides is 1. The number of nitrogens with one attached hydrogen (secondary N) is 1. The summed E-state index contributed by atoms with van der Waals surface area (Å²) in [6.07, 6.45) is 1.71. The maximum absolute atomic E-state index is 10.9. The fraction of sp³-hybridized carbons (Fsp3) is 0.400. The zero-order valence-corrected chi connectivity index (χ0v) is 8.20. The second-order valence-electron chi connectivity index (χ2n) is 3.41. The summed E-state index contributed by atoms with van der Waals surface area (Å²) < 4.78 is 5.37. The molecule has 1 aromatic rings. The molecule has 1 unspecified atom stereocenters. The summed E-state index contributed by atoms with van der Waals surface area (Å²) >= 11 is 0. The highest BCUT2D eigenvalue weighted by Crippen LogP contribution is 2.32. The number of hydrogen-bond acceptors (Lipinski definition) is 3. The minimum atomic E-state index is -0.0466. The zero-order chi connectivity index (χ0) is 10.1. The first-order valence-corrected chi connectivity index (χ1v) is 4.54. The molecule has 0 aromatic carbocycles. The maximum atomic E-state index is 10.9. The van der Waals surface area contributed by atoms with Gasteiger partial charge in [0.1, 0.15) is 6.61 Å². The lowest BCUT2D eigenvalue weighted by molar-refractivity contribution is -0.119. The fourth-order valence-electron chi connectivity index (χ4n) is 1.69. The second kappa shape index (κ2) is 3.29. The molecule has 1 N–H and O–H groups in total. The Labute approximate surface area is 82.3 Å². The van der Waals surface area contributed by atoms with Crippen molar-refractivity contribution < 1.29 is 9.53 Å². The van der Waals surface area contributed by atoms with Crippen molar-refractivity contribution in [1.82, 2.24) is 10.3 Å². The number of pyridine rings is 1. The fourth-order valence-corrected chi connectivity index (χ4v) is 1.69. The van der Waals surface area contributed by atoms with Gasteiger partial charge in [0, 0.05) is 18.7 Å². The van der Waals surface area contributed by atoms with Crippen LogP contribution in [0.4, 0.5) is 0 Å². The second-order valence-corrected chi connectivity index (χ2v) is 3.41. The summed E-state index contributed by atoms with van der Waals surface area (Å²) in [5, 5.41) is 2.83. The Morgan fingerprint density at radius 2 is 2.50 bits per heavy atom. The third kappa shape index (κ3) is 1.43. The lowest BCUT2D eigenvalue weighted by Gasteiger charge is -2.10. The SMILES string of the molecule is CC(=O)NC1COc2nccc(C)c21. The number of carbonyl (C=O) groups excluding carboxylic acids is 1. The number of ether oxygens (including phenoxy) is 1. The normalized spacial score (nSPS) is 18.6. The van der Waals surface area contributed by atoms with Crippen molar-refractivity contribution in [2.45, 2.75) is 19.9 Å². The summed E-state index contributed by atoms with van der Waals surface area (Å²) in [5.74, 6) is 0.596. The molecule has 1 aliphatic rings. The van der Waals surface area contributed by atoms with Gasteiger partial charge in [0.05, 0.1) is 6.04 Å². The van der Waals surface area contributed by atoms with Crippen molar-refractivity contribution >= 4 is 5.91 Å². The first kappa shape index (κ1) is 8.99. The minimum absolute atomic E-state index is 0.0452. The van der Waals surface area contributed by atoms with E-state index in [-0.39, 0.29) is 11.9 Å². The van der Waals surface area contributed by atoms with Crippen molar-refractivity contribution in [3.63, 3.8) is 0 Å². The van der Waals surface area contributed by atoms with Gasteiger partial charge < -0.3 is 10.1 Å². The van der Waals surface area contributed by atoms with Crippen LogP contribution in [0.15, 0.2) is 12.3 Å². The highest BCUT2D eigenvalue weighted by atomic mass is 16.5. The summed E-state index contributed by atoms with van der Waals surface area (Å²) in [6.45, 7) is 3.97. The van der Waals surface area contributed by atoms with Gasteiger partial charge in [-0.05, 0) is 18.6 Å². The van der Waals surface area contributed by atoms with Crippen molar-refractivity contribution in [2.24, 2.45) is 0 Å². The van der Waals surface area contributed by atoms with E-state index in [2.05, 4.69) is 10.3 Å². The summed E-state index contributed by atoms with van der Waals surface area (Å²) in [7, 11) is 0. The predicted octanol–water partition coefficient (Wildman–Crippen LogP) is 0.960. The van der Waals surface area contributed by atoms with E-state index >= 15 is 0 Å². The molecule has 1 amide bonds. The van der Waals surface area contributed by atoms with E-state index in [1.165, 1.54) is 6.92 Å². The largest absolute Gasteiger partial charge is 0.475 e. The zero-order valence-electron chi connectivity index (χ0n) is 8.20. The summed E-state index contributed by atoms with van der Waals surface area (Å²) in [6, 6.07) is 1.87. The smallest absolute Gasteiger partial charge is 0.219 e. The van der Waals surface area contributed by atoms with Crippen molar-refractivity contribution in [3.05, 3.63) is 23.4 Å². The molecule has 0 radical (unpaired) electrons. The molecule has 0 spiro atoms. The third-order valence-corrected chi connectivity index (χ3v) is 2.28. The van der Waals surface area contributed by atoms with Gasteiger partial charge in [-0.2, -0.15) is 0 Å². The Morgan fingerprint density at radius 3 is 3.21 bits per heavy atom. The highest BCUT2D eigenvalue weighted by molar-refractivity contribution is 5.73. The van der Waals surface area contributed by atoms with Crippen molar-refractivity contribution in [3.8, 4) is 5.88 Å². The molecular formula is C10H12N2O2. The molecular weight excluding hydrogens is 180 g/mol. The Balaban J connectivity index is 2.33. The molecule has 74 valence electrons. The van der Waals surface area contributed by atoms with E-state index in [0.29, 0.717) is 12.5 Å². The maximum Gasteiger partial charge on any atom is 0.219 e. The van der Waals surface area contributed by atoms with Gasteiger partial charge in [-0.3, -0.25) is 4.79 Å². The Bertz CT molecular complexity index is 376. The van der Waals surface area contributed by atoms with Crippen LogP contribution in [-0.4, -0.2) is 17.5 Å². The first-order valence-electron chi connectivity index (χ1n) is 4.54. The third-order valence-electron chi connectivity index (χ3n) is 2.28. The molecule has 0 saturated heterocycles. The highest BCUT2D eigenvalue weighted by Gasteiger charge is 2.27. The van der Waals surface area contributed by atoms with E-state index in [4.69, 9.17) is 4.74 Å². The minimum Gasteiger partial charge on any atom is -0.475 e. The van der Waals surface area contributed by atoms with E-state index in [1.807, 2.05) is 13.0 Å². The van der Waals surface area contributed by atoms with E-state index in [1.54, 1.807) is 6.20 Å². The molecule has 2 heterocycles. The number of aryl methyl sites for hydroxylation is 1. The number of hydrogen-bond donors (Lipinski definition) is 1. The predicted molar refractivity (Wildman–Crippen MR) is 51.0 cm³/mol. The molecule has 4 heteroatoms. The molecule has 0 saturated carbocycles. The first-order chi connectivity index (χ1) is 6.68. The standard InChI is InChI=1S/C10H12N2O2/c1-6-3-4-11-10-9(6)8(5-14-10)12-7(2)13/h3-4,8H,5H2,1-2H3,(H,12,13). The van der Waals surface area contributed by atoms with Gasteiger partial charge in [0.2, 0.25) is 11.8 Å². The van der Waals surface area contributed by atoms with Crippen LogP contribution in [0.25, 0.3) is 0 Å². The molecule has 0 aliphatic carbocycles. The Morgan fingerprint density at radius 1 is 1.71 bits per heavy atom. The Hall–Kier alpha value is -1.58. The number of carbonyl (C=O) groups is 1. The lowest BCUT2D eigenvalue weighted by Crippen LogP contribution is -2.27. The average molecular weight is 192 g/mol. The van der Waals surface area contributed by atoms with E-state index < -0.39 is 0 Å². The number of nitrogens with zero attached hydrogens (tertiary/aromatic N) is 1. The molecule has 14 heavy (non-hydrogen) atoms. The van der Waals surface area contributed by atoms with Crippen LogP contribution < -0.4 is 10.1 Å². The summed E-state index contributed by atoms with van der Waals surface area (Å²) in [4.78, 5) is 15.0. The molecule has 4 nitrogen and oxygen atoms in total. The van der Waals surface area contributed by atoms with Crippen LogP contribution in [0.2, 0.25) is 0 Å². The van der Waals surface area contributed by atoms with Gasteiger partial charge in [0.15, 0.2) is 0 Å². The molecule has 2 rings (SSSR count). The van der Waals surface area contributed by atoms with Crippen LogP contribution in [0, 0.1) is 6.92 Å². The number of fused-ring (bicyclic) bond motifs is 1. The van der Waals surface area contributed by atoms with Gasteiger partial charge >= 0.3 is 0 Å². The van der Waals surface area contributed by atoms with Crippen LogP contribution in [0.5, 0.6) is 5.88 Å². The van der Waals surface area contributed by atoms with E-state index in [9.17, 15) is 4.79 Å². The Kier molecular flexibility index (Phi) is 2.11. The summed E-state index contributed by atoms with van der Waals surface area (Å²) in [5.41, 5.74) is 2.11. The topological polar surface area (TPSA) is 51.2 Å². The lowest BCUT2D eigenvalue weighted by atomic mass is 10.1. The van der Waals surface area contributed by atoms with Crippen LogP contribution >= 0.6 is 0 Å². The van der Waals surface area contributed by atoms with Crippen molar-refractivity contribution in [2.75, 3.05) is 6.61 Å². The van der Waals surface area contributed by atoms with Gasteiger partial charge in [-0.1, -0.05) is 0 Å². The van der Waals surface area contributed by atoms with Gasteiger partial charge in [-0.25, -0.2) is 4.98 Å². The monoisotopic (exact) mass is 192 g/mol. The number of rotatable bonds is 1. The van der Waals surface area contributed by atoms with Crippen LogP contribution in [0.3, 0.4) is 0 Å². The van der Waals surface area contributed by atoms with Crippen LogP contribution in [0.1, 0.15) is 24.1 Å². The molecule has 0 bridgehead atoms. The molecule has 1 aromatic heterocycles. The molecule has 1 aliphatic heterocycles. The molecule has 1 atom stereocenters. The van der Waals surface area contributed by atoms with Gasteiger partial charge in [-0.15, -0.1) is 0 Å². The number of aromatic nitrogens is 1. The average Bonchev–Trinajstić information content (AvgIpc) is 2.49. The quantitative estimate of drug-likeness (QED) is 0.721. The van der Waals surface area contributed by atoms with Crippen molar-refractivity contribution in [1.29, 1.82) is 0 Å². The van der Waals surface area contributed by atoms with E-state index in [0.717, 1.165) is 11.1 Å². The molecule has 0 fully saturated rings.